The minimum Gasteiger partial charge on any atom is -0.480 e. The number of benzene rings is 1. The fourth-order valence-electron chi connectivity index (χ4n) is 3.04. The Hall–Kier alpha value is -3.02. The lowest BCUT2D eigenvalue weighted by atomic mass is 10.0. The van der Waals surface area contributed by atoms with Crippen molar-refractivity contribution >= 4 is 23.7 Å². The highest BCUT2D eigenvalue weighted by Crippen LogP contribution is 2.08. The Kier molecular flexibility index (Phi) is 11.5. The first-order valence-electron chi connectivity index (χ1n) is 10.7. The monoisotopic (exact) mass is 466 g/mol. The number of carboxylic acid groups (broad SMARTS) is 1. The van der Waals surface area contributed by atoms with Gasteiger partial charge in [-0.2, -0.15) is 0 Å². The number of aliphatic hydroxyl groups excluding tert-OH is 2. The van der Waals surface area contributed by atoms with Crippen LogP contribution in [0.25, 0.3) is 0 Å². The smallest absolute Gasteiger partial charge is 0.326 e. The van der Waals surface area contributed by atoms with Crippen molar-refractivity contribution in [1.29, 1.82) is 0 Å². The van der Waals surface area contributed by atoms with E-state index in [9.17, 15) is 29.4 Å². The molecule has 1 aromatic carbocycles. The van der Waals surface area contributed by atoms with Gasteiger partial charge in [0.25, 0.3) is 0 Å². The summed E-state index contributed by atoms with van der Waals surface area (Å²) in [6, 6.07) is 3.62. The maximum atomic E-state index is 12.8. The normalized spacial score (nSPS) is 15.6. The summed E-state index contributed by atoms with van der Waals surface area (Å²) in [4.78, 5) is 49.3. The molecule has 0 heterocycles. The summed E-state index contributed by atoms with van der Waals surface area (Å²) in [6.45, 7) is 4.30. The van der Waals surface area contributed by atoms with Crippen LogP contribution in [0.15, 0.2) is 30.3 Å². The molecule has 184 valence electrons. The highest BCUT2D eigenvalue weighted by Gasteiger charge is 2.33. The van der Waals surface area contributed by atoms with E-state index in [4.69, 9.17) is 10.8 Å². The van der Waals surface area contributed by atoms with Gasteiger partial charge < -0.3 is 37.0 Å². The number of aliphatic hydroxyl groups is 2. The minimum atomic E-state index is -1.46. The zero-order valence-electron chi connectivity index (χ0n) is 19.0. The molecule has 0 fully saturated rings. The summed E-state index contributed by atoms with van der Waals surface area (Å²) in [5.41, 5.74) is 6.17. The summed E-state index contributed by atoms with van der Waals surface area (Å²) in [6.07, 6.45) is -1.14. The average molecular weight is 467 g/mol. The Bertz CT molecular complexity index is 801. The largest absolute Gasteiger partial charge is 0.480 e. The molecule has 0 aromatic heterocycles. The van der Waals surface area contributed by atoms with Crippen molar-refractivity contribution in [2.45, 2.75) is 63.9 Å². The zero-order chi connectivity index (χ0) is 25.1. The molecule has 0 bridgehead atoms. The van der Waals surface area contributed by atoms with Gasteiger partial charge in [-0.05, 0) is 24.8 Å². The first-order chi connectivity index (χ1) is 15.5. The Labute approximate surface area is 192 Å². The lowest BCUT2D eigenvalue weighted by Gasteiger charge is -2.27. The lowest BCUT2D eigenvalue weighted by Crippen LogP contribution is -2.60. The fraction of sp³-hybridized carbons (Fsp3) is 0.545. The quantitative estimate of drug-likeness (QED) is 0.183. The molecule has 0 saturated heterocycles. The molecule has 11 nitrogen and oxygen atoms in total. The van der Waals surface area contributed by atoms with Crippen LogP contribution in [0.5, 0.6) is 0 Å². The van der Waals surface area contributed by atoms with Crippen LogP contribution in [0.4, 0.5) is 0 Å². The number of nitrogens with two attached hydrogens (primary N) is 1. The van der Waals surface area contributed by atoms with E-state index in [1.807, 2.05) is 13.8 Å². The Morgan fingerprint density at radius 1 is 0.909 bits per heavy atom. The topological polar surface area (TPSA) is 191 Å². The second-order valence-corrected chi connectivity index (χ2v) is 8.30. The molecule has 1 rings (SSSR count). The molecule has 0 aliphatic rings. The van der Waals surface area contributed by atoms with Gasteiger partial charge in [0.1, 0.15) is 24.2 Å². The van der Waals surface area contributed by atoms with Crippen LogP contribution in [0, 0.1) is 5.92 Å². The van der Waals surface area contributed by atoms with Crippen LogP contribution in [0.3, 0.4) is 0 Å². The molecule has 8 N–H and O–H groups in total. The second-order valence-electron chi connectivity index (χ2n) is 8.30. The summed E-state index contributed by atoms with van der Waals surface area (Å²) in [7, 11) is 0. The molecule has 0 saturated carbocycles. The third kappa shape index (κ3) is 9.56. The van der Waals surface area contributed by atoms with Crippen LogP contribution in [-0.4, -0.2) is 75.9 Å². The lowest BCUT2D eigenvalue weighted by molar-refractivity contribution is -0.143. The molecule has 1 aromatic rings. The summed E-state index contributed by atoms with van der Waals surface area (Å²) in [5.74, 6) is -3.68. The van der Waals surface area contributed by atoms with Gasteiger partial charge in [-0.25, -0.2) is 4.79 Å². The first-order valence-corrected chi connectivity index (χ1v) is 10.7. The summed E-state index contributed by atoms with van der Waals surface area (Å²) in [5, 5.41) is 35.8. The number of aliphatic carboxylic acids is 1. The summed E-state index contributed by atoms with van der Waals surface area (Å²) < 4.78 is 0. The number of rotatable bonds is 13. The van der Waals surface area contributed by atoms with E-state index in [0.29, 0.717) is 5.56 Å². The highest BCUT2D eigenvalue weighted by atomic mass is 16.4. The molecule has 0 aliphatic carbocycles. The molecule has 5 unspecified atom stereocenters. The number of carbonyl (C=O) groups excluding carboxylic acids is 3. The fourth-order valence-corrected chi connectivity index (χ4v) is 3.04. The van der Waals surface area contributed by atoms with Gasteiger partial charge in [-0.1, -0.05) is 44.2 Å². The molecule has 0 spiro atoms. The molecule has 0 aliphatic heterocycles. The van der Waals surface area contributed by atoms with E-state index in [1.54, 1.807) is 30.3 Å². The average Bonchev–Trinajstić information content (AvgIpc) is 2.75. The van der Waals surface area contributed by atoms with E-state index in [2.05, 4.69) is 16.0 Å². The van der Waals surface area contributed by atoms with E-state index in [-0.39, 0.29) is 18.8 Å². The van der Waals surface area contributed by atoms with E-state index in [1.165, 1.54) is 6.92 Å². The zero-order valence-corrected chi connectivity index (χ0v) is 19.0. The number of carboxylic acids is 1. The number of carbonyl (C=O) groups is 4. The van der Waals surface area contributed by atoms with Gasteiger partial charge in [0, 0.05) is 6.42 Å². The standard InChI is InChI=1S/C22H34N4O7/c1-12(2)9-16(24-19(29)15(23)11-27)20(30)26-18(13(3)28)21(31)25-17(22(32)33)10-14-7-5-4-6-8-14/h4-8,12-13,15-18,27-28H,9-11,23H2,1-3H3,(H,24,29)(H,25,31)(H,26,30)(H,32,33). The van der Waals surface area contributed by atoms with Gasteiger partial charge in [-0.3, -0.25) is 14.4 Å². The number of nitrogens with one attached hydrogen (secondary N) is 3. The number of amides is 3. The van der Waals surface area contributed by atoms with Gasteiger partial charge in [0.15, 0.2) is 0 Å². The number of hydrogen-bond acceptors (Lipinski definition) is 7. The highest BCUT2D eigenvalue weighted by molar-refractivity contribution is 5.94. The predicted molar refractivity (Wildman–Crippen MR) is 120 cm³/mol. The third-order valence-electron chi connectivity index (χ3n) is 4.83. The van der Waals surface area contributed by atoms with Crippen LogP contribution < -0.4 is 21.7 Å². The Morgan fingerprint density at radius 3 is 1.97 bits per heavy atom. The maximum Gasteiger partial charge on any atom is 0.326 e. The van der Waals surface area contributed by atoms with Crippen molar-refractivity contribution in [3.63, 3.8) is 0 Å². The van der Waals surface area contributed by atoms with Crippen LogP contribution in [0.1, 0.15) is 32.8 Å². The molecule has 0 radical (unpaired) electrons. The molecule has 3 amide bonds. The van der Waals surface area contributed by atoms with Crippen molar-refractivity contribution in [3.05, 3.63) is 35.9 Å². The second kappa shape index (κ2) is 13.5. The van der Waals surface area contributed by atoms with Crippen LogP contribution in [-0.2, 0) is 25.6 Å². The summed E-state index contributed by atoms with van der Waals surface area (Å²) >= 11 is 0. The van der Waals surface area contributed by atoms with Crippen LogP contribution >= 0.6 is 0 Å². The molecular formula is C22H34N4O7. The Balaban J connectivity index is 2.95. The van der Waals surface area contributed by atoms with Gasteiger partial charge in [0.05, 0.1) is 12.7 Å². The first kappa shape index (κ1) is 28.0. The molecule has 33 heavy (non-hydrogen) atoms. The van der Waals surface area contributed by atoms with Gasteiger partial charge in [-0.15, -0.1) is 0 Å². The number of hydrogen-bond donors (Lipinski definition) is 7. The van der Waals surface area contributed by atoms with Crippen molar-refractivity contribution in [2.24, 2.45) is 11.7 Å². The molecular weight excluding hydrogens is 432 g/mol. The molecule has 11 heteroatoms. The van der Waals surface area contributed by atoms with Gasteiger partial charge >= 0.3 is 5.97 Å². The van der Waals surface area contributed by atoms with Crippen molar-refractivity contribution < 1.29 is 34.5 Å². The van der Waals surface area contributed by atoms with E-state index >= 15 is 0 Å². The van der Waals surface area contributed by atoms with Crippen molar-refractivity contribution in [3.8, 4) is 0 Å². The van der Waals surface area contributed by atoms with Crippen molar-refractivity contribution in [1.82, 2.24) is 16.0 Å². The van der Waals surface area contributed by atoms with E-state index in [0.717, 1.165) is 0 Å². The Morgan fingerprint density at radius 2 is 1.48 bits per heavy atom. The molecule has 5 atom stereocenters. The van der Waals surface area contributed by atoms with E-state index < -0.39 is 60.6 Å². The predicted octanol–water partition coefficient (Wildman–Crippen LogP) is -1.49. The van der Waals surface area contributed by atoms with Crippen molar-refractivity contribution in [2.75, 3.05) is 6.61 Å². The van der Waals surface area contributed by atoms with Crippen LogP contribution in [0.2, 0.25) is 0 Å². The minimum absolute atomic E-state index is 0.00741. The van der Waals surface area contributed by atoms with Gasteiger partial charge in [0.2, 0.25) is 17.7 Å². The third-order valence-corrected chi connectivity index (χ3v) is 4.83. The SMILES string of the molecule is CC(C)CC(NC(=O)C(N)CO)C(=O)NC(C(=O)NC(Cc1ccccc1)C(=O)O)C(C)O. The maximum absolute atomic E-state index is 12.8.